The summed E-state index contributed by atoms with van der Waals surface area (Å²) in [4.78, 5) is 16.4. The van der Waals surface area contributed by atoms with E-state index < -0.39 is 0 Å². The number of aromatic nitrogens is 1. The van der Waals surface area contributed by atoms with Crippen molar-refractivity contribution in [2.75, 3.05) is 12.4 Å². The first-order valence-corrected chi connectivity index (χ1v) is 7.01. The topological polar surface area (TPSA) is 63.2 Å². The highest BCUT2D eigenvalue weighted by molar-refractivity contribution is 5.96. The fraction of sp³-hybridized carbons (Fsp3) is 0.375. The van der Waals surface area contributed by atoms with Gasteiger partial charge in [0.2, 0.25) is 5.91 Å². The number of ether oxygens (including phenoxy) is 1. The standard InChI is InChI=1S/C16H21N3O2/c1-10(2)18-16(20)11(3)19-13-8-9-17-15-12(13)6-5-7-14(15)21-4/h5-11H,1-4H3,(H,17,19)(H,18,20)/t11-/m0/s1. The maximum Gasteiger partial charge on any atom is 0.242 e. The molecule has 0 aliphatic carbocycles. The maximum atomic E-state index is 12.0. The third kappa shape index (κ3) is 3.42. The Morgan fingerprint density at radius 1 is 1.24 bits per heavy atom. The van der Waals surface area contributed by atoms with E-state index in [0.29, 0.717) is 0 Å². The first kappa shape index (κ1) is 15.1. The van der Waals surface area contributed by atoms with Gasteiger partial charge < -0.3 is 15.4 Å². The van der Waals surface area contributed by atoms with E-state index >= 15 is 0 Å². The molecule has 1 heterocycles. The summed E-state index contributed by atoms with van der Waals surface area (Å²) in [6.07, 6.45) is 1.71. The maximum absolute atomic E-state index is 12.0. The molecule has 21 heavy (non-hydrogen) atoms. The van der Waals surface area contributed by atoms with E-state index in [1.165, 1.54) is 0 Å². The van der Waals surface area contributed by atoms with Gasteiger partial charge >= 0.3 is 0 Å². The molecule has 5 heteroatoms. The molecule has 0 bridgehead atoms. The number of fused-ring (bicyclic) bond motifs is 1. The molecule has 2 aromatic rings. The van der Waals surface area contributed by atoms with Gasteiger partial charge in [0.15, 0.2) is 0 Å². The molecular weight excluding hydrogens is 266 g/mol. The first-order valence-electron chi connectivity index (χ1n) is 7.01. The number of methoxy groups -OCH3 is 1. The molecule has 0 saturated heterocycles. The molecule has 0 aliphatic heterocycles. The molecule has 112 valence electrons. The molecule has 0 saturated carbocycles. The average molecular weight is 287 g/mol. The second-order valence-electron chi connectivity index (χ2n) is 5.24. The van der Waals surface area contributed by atoms with Crippen LogP contribution in [0.2, 0.25) is 0 Å². The number of nitrogens with zero attached hydrogens (tertiary/aromatic N) is 1. The van der Waals surface area contributed by atoms with Crippen LogP contribution in [0.3, 0.4) is 0 Å². The van der Waals surface area contributed by atoms with Crippen LogP contribution >= 0.6 is 0 Å². The van der Waals surface area contributed by atoms with Crippen molar-refractivity contribution in [2.45, 2.75) is 32.9 Å². The monoisotopic (exact) mass is 287 g/mol. The van der Waals surface area contributed by atoms with Crippen molar-refractivity contribution in [3.8, 4) is 5.75 Å². The lowest BCUT2D eigenvalue weighted by Gasteiger charge is -2.18. The quantitative estimate of drug-likeness (QED) is 0.887. The Labute approximate surface area is 124 Å². The second kappa shape index (κ2) is 6.43. The Kier molecular flexibility index (Phi) is 4.62. The summed E-state index contributed by atoms with van der Waals surface area (Å²) in [7, 11) is 1.62. The zero-order valence-electron chi connectivity index (χ0n) is 12.8. The highest BCUT2D eigenvalue weighted by atomic mass is 16.5. The van der Waals surface area contributed by atoms with Gasteiger partial charge in [0.25, 0.3) is 0 Å². The van der Waals surface area contributed by atoms with Crippen LogP contribution in [0.1, 0.15) is 20.8 Å². The Morgan fingerprint density at radius 3 is 2.67 bits per heavy atom. The molecular formula is C16H21N3O2. The third-order valence-electron chi connectivity index (χ3n) is 3.15. The smallest absolute Gasteiger partial charge is 0.242 e. The van der Waals surface area contributed by atoms with Gasteiger partial charge in [-0.05, 0) is 32.9 Å². The van der Waals surface area contributed by atoms with E-state index in [2.05, 4.69) is 15.6 Å². The molecule has 0 spiro atoms. The van der Waals surface area contributed by atoms with Crippen LogP contribution in [-0.4, -0.2) is 30.1 Å². The average Bonchev–Trinajstić information content (AvgIpc) is 2.46. The summed E-state index contributed by atoms with van der Waals surface area (Å²) < 4.78 is 5.32. The fourth-order valence-corrected chi connectivity index (χ4v) is 2.15. The number of pyridine rings is 1. The number of anilines is 1. The highest BCUT2D eigenvalue weighted by Gasteiger charge is 2.15. The Hall–Kier alpha value is -2.30. The number of benzene rings is 1. The summed E-state index contributed by atoms with van der Waals surface area (Å²) in [6, 6.07) is 7.39. The van der Waals surface area contributed by atoms with Crippen LogP contribution in [0.15, 0.2) is 30.5 Å². The Balaban J connectivity index is 2.28. The summed E-state index contributed by atoms with van der Waals surface area (Å²) in [6.45, 7) is 5.72. The van der Waals surface area contributed by atoms with Gasteiger partial charge in [0, 0.05) is 23.3 Å². The first-order chi connectivity index (χ1) is 10.0. The van der Waals surface area contributed by atoms with E-state index in [1.54, 1.807) is 13.3 Å². The number of rotatable bonds is 5. The lowest BCUT2D eigenvalue weighted by Crippen LogP contribution is -2.41. The molecule has 5 nitrogen and oxygen atoms in total. The van der Waals surface area contributed by atoms with Gasteiger partial charge in [0.1, 0.15) is 17.3 Å². The lowest BCUT2D eigenvalue weighted by molar-refractivity contribution is -0.122. The summed E-state index contributed by atoms with van der Waals surface area (Å²) in [5.74, 6) is 0.688. The van der Waals surface area contributed by atoms with Crippen molar-refractivity contribution < 1.29 is 9.53 Å². The second-order valence-corrected chi connectivity index (χ2v) is 5.24. The predicted octanol–water partition coefficient (Wildman–Crippen LogP) is 2.57. The Bertz CT molecular complexity index is 640. The molecule has 0 radical (unpaired) electrons. The van der Waals surface area contributed by atoms with Gasteiger partial charge in [0.05, 0.1) is 7.11 Å². The predicted molar refractivity (Wildman–Crippen MR) is 84.7 cm³/mol. The SMILES string of the molecule is COc1cccc2c(N[C@@H](C)C(=O)NC(C)C)ccnc12. The summed E-state index contributed by atoms with van der Waals surface area (Å²) in [5.41, 5.74) is 1.65. The van der Waals surface area contributed by atoms with Crippen molar-refractivity contribution in [3.63, 3.8) is 0 Å². The minimum Gasteiger partial charge on any atom is -0.494 e. The van der Waals surface area contributed by atoms with E-state index in [4.69, 9.17) is 4.74 Å². The highest BCUT2D eigenvalue weighted by Crippen LogP contribution is 2.28. The number of para-hydroxylation sites is 1. The third-order valence-corrected chi connectivity index (χ3v) is 3.15. The zero-order valence-corrected chi connectivity index (χ0v) is 12.8. The van der Waals surface area contributed by atoms with Crippen molar-refractivity contribution in [2.24, 2.45) is 0 Å². The van der Waals surface area contributed by atoms with Crippen LogP contribution in [0, 0.1) is 0 Å². The van der Waals surface area contributed by atoms with Gasteiger partial charge in [-0.2, -0.15) is 0 Å². The lowest BCUT2D eigenvalue weighted by atomic mass is 10.1. The summed E-state index contributed by atoms with van der Waals surface area (Å²) in [5, 5.41) is 7.06. The van der Waals surface area contributed by atoms with Crippen LogP contribution in [0.25, 0.3) is 10.9 Å². The number of amides is 1. The van der Waals surface area contributed by atoms with Crippen LogP contribution in [0.4, 0.5) is 5.69 Å². The molecule has 2 rings (SSSR count). The number of nitrogens with one attached hydrogen (secondary N) is 2. The Morgan fingerprint density at radius 2 is 2.00 bits per heavy atom. The van der Waals surface area contributed by atoms with E-state index in [1.807, 2.05) is 45.0 Å². The zero-order chi connectivity index (χ0) is 15.4. The molecule has 1 atom stereocenters. The minimum absolute atomic E-state index is 0.0298. The molecule has 0 aliphatic rings. The van der Waals surface area contributed by atoms with Crippen molar-refractivity contribution in [3.05, 3.63) is 30.5 Å². The number of hydrogen-bond donors (Lipinski definition) is 2. The minimum atomic E-state index is -0.329. The molecule has 1 aromatic heterocycles. The van der Waals surface area contributed by atoms with Gasteiger partial charge in [-0.3, -0.25) is 9.78 Å². The molecule has 1 aromatic carbocycles. The van der Waals surface area contributed by atoms with Crippen LogP contribution in [0.5, 0.6) is 5.75 Å². The fourth-order valence-electron chi connectivity index (χ4n) is 2.15. The number of carbonyl (C=O) groups is 1. The van der Waals surface area contributed by atoms with Gasteiger partial charge in [-0.15, -0.1) is 0 Å². The van der Waals surface area contributed by atoms with Crippen molar-refractivity contribution in [1.29, 1.82) is 0 Å². The van der Waals surface area contributed by atoms with Crippen LogP contribution < -0.4 is 15.4 Å². The molecule has 0 fully saturated rings. The van der Waals surface area contributed by atoms with E-state index in [-0.39, 0.29) is 18.0 Å². The molecule has 1 amide bonds. The van der Waals surface area contributed by atoms with E-state index in [9.17, 15) is 4.79 Å². The molecule has 2 N–H and O–H groups in total. The largest absolute Gasteiger partial charge is 0.494 e. The molecule has 0 unspecified atom stereocenters. The number of carbonyl (C=O) groups excluding carboxylic acids is 1. The normalized spacial score (nSPS) is 12.2. The van der Waals surface area contributed by atoms with Gasteiger partial charge in [-0.25, -0.2) is 0 Å². The van der Waals surface area contributed by atoms with Crippen molar-refractivity contribution in [1.82, 2.24) is 10.3 Å². The van der Waals surface area contributed by atoms with Gasteiger partial charge in [-0.1, -0.05) is 12.1 Å². The number of hydrogen-bond acceptors (Lipinski definition) is 4. The van der Waals surface area contributed by atoms with E-state index in [0.717, 1.165) is 22.3 Å². The van der Waals surface area contributed by atoms with Crippen LogP contribution in [-0.2, 0) is 4.79 Å². The van der Waals surface area contributed by atoms with Crippen molar-refractivity contribution >= 4 is 22.5 Å². The summed E-state index contributed by atoms with van der Waals surface area (Å²) >= 11 is 0.